The molecule has 0 aliphatic carbocycles. The molecule has 11 heteroatoms. The maximum atomic E-state index is 12.3. The Kier molecular flexibility index (Phi) is 10.7. The Bertz CT molecular complexity index is 1330. The number of hydrogen-bond acceptors (Lipinski definition) is 8. The van der Waals surface area contributed by atoms with Gasteiger partial charge in [0.05, 0.1) is 29.2 Å². The lowest BCUT2D eigenvalue weighted by atomic mass is 10.1. The molecular formula is C26H24BrIN4O5. The molecule has 37 heavy (non-hydrogen) atoms. The third-order valence-electron chi connectivity index (χ3n) is 4.99. The minimum absolute atomic E-state index is 0.0553. The van der Waals surface area contributed by atoms with E-state index in [4.69, 9.17) is 18.9 Å². The molecule has 1 N–H and O–H groups in total. The highest BCUT2D eigenvalue weighted by Gasteiger charge is 2.18. The average Bonchev–Trinajstić information content (AvgIpc) is 2.90. The van der Waals surface area contributed by atoms with Crippen LogP contribution in [0.25, 0.3) is 0 Å². The first kappa shape index (κ1) is 28.4. The SMILES string of the molecule is COCc1c(Br)c(C)nc(OCC(=O)NN=Cc2cc(I)c(OCc3ccccc3)c(OC)c2)c1C#N. The average molecular weight is 679 g/mol. The van der Waals surface area contributed by atoms with Crippen LogP contribution in [-0.4, -0.2) is 37.9 Å². The molecule has 1 aromatic heterocycles. The minimum Gasteiger partial charge on any atom is -0.493 e. The summed E-state index contributed by atoms with van der Waals surface area (Å²) < 4.78 is 23.6. The third-order valence-corrected chi connectivity index (χ3v) is 6.84. The summed E-state index contributed by atoms with van der Waals surface area (Å²) in [5, 5.41) is 13.6. The second-order valence-corrected chi connectivity index (χ2v) is 9.56. The van der Waals surface area contributed by atoms with Crippen LogP contribution in [0.3, 0.4) is 0 Å². The summed E-state index contributed by atoms with van der Waals surface area (Å²) >= 11 is 5.58. The fraction of sp³-hybridized carbons (Fsp3) is 0.231. The van der Waals surface area contributed by atoms with Crippen molar-refractivity contribution in [1.82, 2.24) is 10.4 Å². The van der Waals surface area contributed by atoms with Gasteiger partial charge >= 0.3 is 0 Å². The highest BCUT2D eigenvalue weighted by molar-refractivity contribution is 14.1. The number of methoxy groups -OCH3 is 2. The van der Waals surface area contributed by atoms with E-state index in [-0.39, 0.29) is 24.7 Å². The molecule has 2 aromatic carbocycles. The lowest BCUT2D eigenvalue weighted by Gasteiger charge is -2.14. The van der Waals surface area contributed by atoms with Crippen molar-refractivity contribution in [3.8, 4) is 23.4 Å². The van der Waals surface area contributed by atoms with Gasteiger partial charge in [0, 0.05) is 17.1 Å². The number of halogens is 2. The molecule has 3 rings (SSSR count). The molecule has 0 aliphatic rings. The van der Waals surface area contributed by atoms with E-state index in [1.54, 1.807) is 20.1 Å². The number of pyridine rings is 1. The second kappa shape index (κ2) is 13.9. The van der Waals surface area contributed by atoms with Crippen molar-refractivity contribution in [2.75, 3.05) is 20.8 Å². The molecule has 192 valence electrons. The molecule has 0 fully saturated rings. The highest BCUT2D eigenvalue weighted by Crippen LogP contribution is 2.34. The van der Waals surface area contributed by atoms with Gasteiger partial charge in [0.25, 0.3) is 5.91 Å². The largest absolute Gasteiger partial charge is 0.493 e. The molecule has 0 bridgehead atoms. The number of aromatic nitrogens is 1. The molecule has 1 amide bonds. The fourth-order valence-corrected chi connectivity index (χ4v) is 4.43. The summed E-state index contributed by atoms with van der Waals surface area (Å²) in [6.45, 7) is 1.98. The second-order valence-electron chi connectivity index (χ2n) is 7.60. The smallest absolute Gasteiger partial charge is 0.278 e. The Hall–Kier alpha value is -3.21. The Labute approximate surface area is 237 Å². The first-order valence-electron chi connectivity index (χ1n) is 10.9. The summed E-state index contributed by atoms with van der Waals surface area (Å²) in [5.41, 5.74) is 5.57. The van der Waals surface area contributed by atoms with Crippen molar-refractivity contribution in [3.05, 3.63) is 78.5 Å². The van der Waals surface area contributed by atoms with E-state index in [1.807, 2.05) is 36.4 Å². The van der Waals surface area contributed by atoms with Crippen LogP contribution in [0, 0.1) is 21.8 Å². The van der Waals surface area contributed by atoms with Crippen LogP contribution in [0.2, 0.25) is 0 Å². The van der Waals surface area contributed by atoms with E-state index in [9.17, 15) is 10.1 Å². The molecule has 0 aliphatic heterocycles. The molecular weight excluding hydrogens is 655 g/mol. The van der Waals surface area contributed by atoms with Gasteiger partial charge in [-0.1, -0.05) is 30.3 Å². The topological polar surface area (TPSA) is 115 Å². The number of carbonyl (C=O) groups is 1. The van der Waals surface area contributed by atoms with Crippen molar-refractivity contribution >= 4 is 50.6 Å². The Morgan fingerprint density at radius 1 is 1.22 bits per heavy atom. The van der Waals surface area contributed by atoms with E-state index >= 15 is 0 Å². The number of hydrazone groups is 1. The predicted molar refractivity (Wildman–Crippen MR) is 150 cm³/mol. The summed E-state index contributed by atoms with van der Waals surface area (Å²) in [7, 11) is 3.09. The number of carbonyl (C=O) groups excluding carboxylic acids is 1. The third kappa shape index (κ3) is 7.64. The Morgan fingerprint density at radius 2 is 1.97 bits per heavy atom. The van der Waals surface area contributed by atoms with Gasteiger partial charge in [0.15, 0.2) is 18.1 Å². The first-order chi connectivity index (χ1) is 17.9. The number of hydrogen-bond donors (Lipinski definition) is 1. The number of benzene rings is 2. The van der Waals surface area contributed by atoms with Gasteiger partial charge in [-0.3, -0.25) is 4.79 Å². The van der Waals surface area contributed by atoms with Crippen molar-refractivity contribution in [3.63, 3.8) is 0 Å². The molecule has 0 saturated heterocycles. The summed E-state index contributed by atoms with van der Waals surface area (Å²) in [5.74, 6) is 0.714. The van der Waals surface area contributed by atoms with Crippen LogP contribution in [0.1, 0.15) is 27.9 Å². The first-order valence-corrected chi connectivity index (χ1v) is 12.8. The minimum atomic E-state index is -0.514. The summed E-state index contributed by atoms with van der Waals surface area (Å²) in [6, 6.07) is 15.5. The van der Waals surface area contributed by atoms with Crippen LogP contribution >= 0.6 is 38.5 Å². The maximum Gasteiger partial charge on any atom is 0.278 e. The van der Waals surface area contributed by atoms with Gasteiger partial charge in [0.1, 0.15) is 18.2 Å². The number of nitrogens with one attached hydrogen (secondary N) is 1. The zero-order valence-corrected chi connectivity index (χ0v) is 24.1. The number of amides is 1. The normalized spacial score (nSPS) is 10.7. The van der Waals surface area contributed by atoms with Gasteiger partial charge in [-0.15, -0.1) is 0 Å². The van der Waals surface area contributed by atoms with Gasteiger partial charge in [-0.05, 0) is 68.7 Å². The van der Waals surface area contributed by atoms with Crippen LogP contribution < -0.4 is 19.6 Å². The van der Waals surface area contributed by atoms with Crippen molar-refractivity contribution < 1.29 is 23.7 Å². The number of nitrogens with zero attached hydrogens (tertiary/aromatic N) is 3. The van der Waals surface area contributed by atoms with Crippen LogP contribution in [0.15, 0.2) is 52.0 Å². The maximum absolute atomic E-state index is 12.3. The summed E-state index contributed by atoms with van der Waals surface area (Å²) in [6.07, 6.45) is 1.49. The quantitative estimate of drug-likeness (QED) is 0.174. The van der Waals surface area contributed by atoms with Crippen LogP contribution in [-0.2, 0) is 22.7 Å². The zero-order valence-electron chi connectivity index (χ0n) is 20.4. The standard InChI is InChI=1S/C26H24BrIN4O5/c1-16-24(27)20(14-34-2)19(11-29)26(31-16)37-15-23(33)32-30-12-18-9-21(28)25(22(10-18)35-3)36-13-17-7-5-4-6-8-17/h4-10,12H,13-15H2,1-3H3,(H,32,33). The number of rotatable bonds is 11. The van der Waals surface area contributed by atoms with Crippen molar-refractivity contribution in [1.29, 1.82) is 5.26 Å². The van der Waals surface area contributed by atoms with Crippen molar-refractivity contribution in [2.24, 2.45) is 5.10 Å². The Morgan fingerprint density at radius 3 is 2.65 bits per heavy atom. The van der Waals surface area contributed by atoms with E-state index in [0.717, 1.165) is 9.13 Å². The lowest BCUT2D eigenvalue weighted by Crippen LogP contribution is -2.25. The van der Waals surface area contributed by atoms with Gasteiger partial charge in [-0.2, -0.15) is 10.4 Å². The molecule has 0 radical (unpaired) electrons. The van der Waals surface area contributed by atoms with E-state index in [2.05, 4.69) is 60.1 Å². The van der Waals surface area contributed by atoms with E-state index in [0.29, 0.717) is 39.4 Å². The molecule has 3 aromatic rings. The molecule has 0 spiro atoms. The molecule has 1 heterocycles. The lowest BCUT2D eigenvalue weighted by molar-refractivity contribution is -0.123. The highest BCUT2D eigenvalue weighted by atomic mass is 127. The monoisotopic (exact) mass is 678 g/mol. The zero-order chi connectivity index (χ0) is 26.8. The molecule has 0 unspecified atom stereocenters. The predicted octanol–water partition coefficient (Wildman–Crippen LogP) is 4.89. The molecule has 0 atom stereocenters. The van der Waals surface area contributed by atoms with Crippen molar-refractivity contribution in [2.45, 2.75) is 20.1 Å². The van der Waals surface area contributed by atoms with E-state index < -0.39 is 5.91 Å². The molecule has 9 nitrogen and oxygen atoms in total. The number of aryl methyl sites for hydroxylation is 1. The summed E-state index contributed by atoms with van der Waals surface area (Å²) in [4.78, 5) is 16.6. The van der Waals surface area contributed by atoms with Gasteiger partial charge in [0.2, 0.25) is 5.88 Å². The Balaban J connectivity index is 1.63. The molecule has 0 saturated carbocycles. The van der Waals surface area contributed by atoms with Crippen LogP contribution in [0.5, 0.6) is 17.4 Å². The van der Waals surface area contributed by atoms with Gasteiger partial charge < -0.3 is 18.9 Å². The fourth-order valence-electron chi connectivity index (χ4n) is 3.24. The van der Waals surface area contributed by atoms with Gasteiger partial charge in [-0.25, -0.2) is 10.4 Å². The number of ether oxygens (including phenoxy) is 4. The van der Waals surface area contributed by atoms with E-state index in [1.165, 1.54) is 13.3 Å². The number of nitriles is 1. The van der Waals surface area contributed by atoms with Crippen LogP contribution in [0.4, 0.5) is 0 Å².